The minimum absolute atomic E-state index is 0.150. The number of aromatic amines is 1. The van der Waals surface area contributed by atoms with Crippen molar-refractivity contribution >= 4 is 33.1 Å². The van der Waals surface area contributed by atoms with E-state index in [1.54, 1.807) is 6.07 Å². The zero-order valence-electron chi connectivity index (χ0n) is 20.4. The minimum atomic E-state index is -2.83. The molecule has 36 heavy (non-hydrogen) atoms. The Morgan fingerprint density at radius 1 is 1.22 bits per heavy atom. The standard InChI is InChI=1S/C25H30ClFN6O2S/c1-3-18-10-24(32-31-18)30-25-21(26)12-28-23(29-25)9-17-8-15(2)20(11-22(17)27)16-4-6-33(7-5-16)19-13-36(34,35)14-19/h8,10-12,16,19H,3-7,9,13-14H2,1-2H3,(H2,28,29,30,31,32). The fourth-order valence-electron chi connectivity index (χ4n) is 5.13. The van der Waals surface area contributed by atoms with Gasteiger partial charge in [-0.2, -0.15) is 5.10 Å². The predicted molar refractivity (Wildman–Crippen MR) is 138 cm³/mol. The minimum Gasteiger partial charge on any atom is -0.322 e. The smallest absolute Gasteiger partial charge is 0.154 e. The van der Waals surface area contributed by atoms with Crippen LogP contribution in [0.15, 0.2) is 24.4 Å². The monoisotopic (exact) mass is 532 g/mol. The molecule has 2 saturated heterocycles. The second kappa shape index (κ2) is 10.1. The molecule has 192 valence electrons. The number of halogens is 2. The average molecular weight is 533 g/mol. The van der Waals surface area contributed by atoms with E-state index in [1.807, 2.05) is 26.0 Å². The number of aromatic nitrogens is 4. The first-order chi connectivity index (χ1) is 17.2. The molecule has 0 bridgehead atoms. The number of piperidine rings is 1. The van der Waals surface area contributed by atoms with E-state index in [2.05, 4.69) is 30.4 Å². The van der Waals surface area contributed by atoms with Gasteiger partial charge in [-0.25, -0.2) is 22.8 Å². The molecule has 0 radical (unpaired) electrons. The Kier molecular flexibility index (Phi) is 7.02. The zero-order chi connectivity index (χ0) is 25.4. The third-order valence-corrected chi connectivity index (χ3v) is 9.28. The number of hydrogen-bond donors (Lipinski definition) is 2. The second-order valence-corrected chi connectivity index (χ2v) is 12.3. The quantitative estimate of drug-likeness (QED) is 0.470. The van der Waals surface area contributed by atoms with Crippen LogP contribution in [0.4, 0.5) is 16.0 Å². The SMILES string of the molecule is CCc1cc(Nc2nc(Cc3cc(C)c(C4CCN(C5CS(=O)(=O)C5)CC4)cc3F)ncc2Cl)n[nH]1. The maximum absolute atomic E-state index is 15.2. The number of benzene rings is 1. The number of likely N-dealkylation sites (tertiary alicyclic amines) is 1. The highest BCUT2D eigenvalue weighted by molar-refractivity contribution is 7.92. The molecule has 0 atom stereocenters. The molecule has 8 nitrogen and oxygen atoms in total. The molecule has 2 aliphatic heterocycles. The highest BCUT2D eigenvalue weighted by atomic mass is 35.5. The van der Waals surface area contributed by atoms with Crippen LogP contribution in [0.25, 0.3) is 0 Å². The molecular formula is C25H30ClFN6O2S. The highest BCUT2D eigenvalue weighted by Gasteiger charge is 2.39. The van der Waals surface area contributed by atoms with Gasteiger partial charge in [0.05, 0.1) is 17.7 Å². The lowest BCUT2D eigenvalue weighted by atomic mass is 9.85. The van der Waals surface area contributed by atoms with Gasteiger partial charge in [0.15, 0.2) is 21.5 Å². The van der Waals surface area contributed by atoms with E-state index in [4.69, 9.17) is 11.6 Å². The lowest BCUT2D eigenvalue weighted by Crippen LogP contribution is -2.55. The van der Waals surface area contributed by atoms with E-state index in [0.29, 0.717) is 28.0 Å². The molecule has 0 amide bonds. The number of nitrogens with one attached hydrogen (secondary N) is 2. The Morgan fingerprint density at radius 2 is 1.97 bits per heavy atom. The van der Waals surface area contributed by atoms with Gasteiger partial charge in [0.25, 0.3) is 0 Å². The first-order valence-electron chi connectivity index (χ1n) is 12.3. The van der Waals surface area contributed by atoms with Gasteiger partial charge in [-0.1, -0.05) is 24.6 Å². The van der Waals surface area contributed by atoms with E-state index in [9.17, 15) is 8.42 Å². The van der Waals surface area contributed by atoms with E-state index in [-0.39, 0.29) is 35.7 Å². The summed E-state index contributed by atoms with van der Waals surface area (Å²) in [6.07, 6.45) is 4.39. The van der Waals surface area contributed by atoms with Crippen molar-refractivity contribution in [3.8, 4) is 0 Å². The first-order valence-corrected chi connectivity index (χ1v) is 14.5. The van der Waals surface area contributed by atoms with Crippen molar-refractivity contribution in [2.45, 2.75) is 51.5 Å². The van der Waals surface area contributed by atoms with E-state index in [0.717, 1.165) is 49.2 Å². The van der Waals surface area contributed by atoms with E-state index < -0.39 is 9.84 Å². The molecule has 2 N–H and O–H groups in total. The maximum atomic E-state index is 15.2. The number of nitrogens with zero attached hydrogens (tertiary/aromatic N) is 4. The van der Waals surface area contributed by atoms with Crippen molar-refractivity contribution in [2.24, 2.45) is 0 Å². The van der Waals surface area contributed by atoms with Crippen LogP contribution in [0.2, 0.25) is 5.02 Å². The summed E-state index contributed by atoms with van der Waals surface area (Å²) in [5.41, 5.74) is 3.60. The van der Waals surface area contributed by atoms with Crippen molar-refractivity contribution in [3.05, 3.63) is 63.4 Å². The summed E-state index contributed by atoms with van der Waals surface area (Å²) >= 11 is 6.28. The van der Waals surface area contributed by atoms with E-state index in [1.165, 1.54) is 6.20 Å². The van der Waals surface area contributed by atoms with Gasteiger partial charge in [-0.15, -0.1) is 0 Å². The number of sulfone groups is 1. The van der Waals surface area contributed by atoms with Gasteiger partial charge in [-0.05, 0) is 68.0 Å². The molecule has 2 aliphatic rings. The van der Waals surface area contributed by atoms with Crippen molar-refractivity contribution < 1.29 is 12.8 Å². The van der Waals surface area contributed by atoms with E-state index >= 15 is 4.39 Å². The Morgan fingerprint density at radius 3 is 2.64 bits per heavy atom. The van der Waals surface area contributed by atoms with Crippen LogP contribution >= 0.6 is 11.6 Å². The largest absolute Gasteiger partial charge is 0.322 e. The molecule has 5 rings (SSSR count). The normalized spacial score (nSPS) is 18.8. The molecule has 0 aliphatic carbocycles. The number of hydrogen-bond acceptors (Lipinski definition) is 7. The molecule has 0 saturated carbocycles. The molecule has 2 aromatic heterocycles. The average Bonchev–Trinajstić information content (AvgIpc) is 3.29. The van der Waals surface area contributed by atoms with Crippen LogP contribution in [0.5, 0.6) is 0 Å². The van der Waals surface area contributed by atoms with Crippen molar-refractivity contribution in [1.29, 1.82) is 0 Å². The molecule has 11 heteroatoms. The molecular weight excluding hydrogens is 503 g/mol. The third kappa shape index (κ3) is 5.40. The summed E-state index contributed by atoms with van der Waals surface area (Å²) in [6, 6.07) is 5.58. The van der Waals surface area contributed by atoms with Gasteiger partial charge >= 0.3 is 0 Å². The van der Waals surface area contributed by atoms with Crippen LogP contribution in [-0.2, 0) is 22.7 Å². The molecule has 1 aromatic carbocycles. The first kappa shape index (κ1) is 25.1. The molecule has 2 fully saturated rings. The Hall–Kier alpha value is -2.56. The number of H-pyrrole nitrogens is 1. The summed E-state index contributed by atoms with van der Waals surface area (Å²) in [6.45, 7) is 5.74. The van der Waals surface area contributed by atoms with Gasteiger partial charge in [0.1, 0.15) is 16.7 Å². The summed E-state index contributed by atoms with van der Waals surface area (Å²) in [5, 5.41) is 10.6. The van der Waals surface area contributed by atoms with Crippen LogP contribution in [0.1, 0.15) is 53.9 Å². The fourth-order valence-corrected chi connectivity index (χ4v) is 6.77. The molecule has 0 spiro atoms. The Labute approximate surface area is 215 Å². The summed E-state index contributed by atoms with van der Waals surface area (Å²) in [5.74, 6) is 2.03. The summed E-state index contributed by atoms with van der Waals surface area (Å²) < 4.78 is 38.2. The lowest BCUT2D eigenvalue weighted by Gasteiger charge is -2.41. The number of anilines is 2. The zero-order valence-corrected chi connectivity index (χ0v) is 22.0. The Bertz CT molecular complexity index is 1360. The summed E-state index contributed by atoms with van der Waals surface area (Å²) in [7, 11) is -2.83. The Balaban J connectivity index is 1.26. The van der Waals surface area contributed by atoms with Crippen LogP contribution in [0.3, 0.4) is 0 Å². The number of rotatable bonds is 7. The molecule has 3 aromatic rings. The highest BCUT2D eigenvalue weighted by Crippen LogP contribution is 2.34. The molecule has 0 unspecified atom stereocenters. The van der Waals surface area contributed by atoms with Crippen LogP contribution in [0, 0.1) is 12.7 Å². The third-order valence-electron chi connectivity index (χ3n) is 7.21. The van der Waals surface area contributed by atoms with Crippen LogP contribution < -0.4 is 5.32 Å². The predicted octanol–water partition coefficient (Wildman–Crippen LogP) is 4.17. The van der Waals surface area contributed by atoms with Gasteiger partial charge < -0.3 is 5.32 Å². The van der Waals surface area contributed by atoms with Crippen molar-refractivity contribution in [3.63, 3.8) is 0 Å². The topological polar surface area (TPSA) is 104 Å². The maximum Gasteiger partial charge on any atom is 0.154 e. The van der Waals surface area contributed by atoms with Crippen molar-refractivity contribution in [2.75, 3.05) is 29.9 Å². The lowest BCUT2D eigenvalue weighted by molar-refractivity contribution is 0.166. The fraction of sp³-hybridized carbons (Fsp3) is 0.480. The van der Waals surface area contributed by atoms with Gasteiger partial charge in [0, 0.05) is 24.2 Å². The second-order valence-electron chi connectivity index (χ2n) is 9.76. The van der Waals surface area contributed by atoms with Gasteiger partial charge in [0.2, 0.25) is 0 Å². The molecule has 4 heterocycles. The van der Waals surface area contributed by atoms with Crippen molar-refractivity contribution in [1.82, 2.24) is 25.1 Å². The van der Waals surface area contributed by atoms with Crippen LogP contribution in [-0.4, -0.2) is 64.1 Å². The summed E-state index contributed by atoms with van der Waals surface area (Å²) in [4.78, 5) is 11.1. The number of aryl methyl sites for hydroxylation is 2. The van der Waals surface area contributed by atoms with Gasteiger partial charge in [-0.3, -0.25) is 10.00 Å².